The molecule has 0 radical (unpaired) electrons. The summed E-state index contributed by atoms with van der Waals surface area (Å²) >= 11 is 0. The van der Waals surface area contributed by atoms with Crippen molar-refractivity contribution in [2.45, 2.75) is 58.7 Å². The fourth-order valence-electron chi connectivity index (χ4n) is 3.06. The number of alkyl carbamates (subject to hydrolysis) is 1. The van der Waals surface area contributed by atoms with Gasteiger partial charge in [-0.05, 0) is 38.3 Å². The lowest BCUT2D eigenvalue weighted by Gasteiger charge is -2.26. The van der Waals surface area contributed by atoms with Crippen LogP contribution in [0.4, 0.5) is 4.79 Å². The maximum atomic E-state index is 13.0. The standard InChI is InChI=1S/C22H31N3O5/c1-13(2)18(20(27)29-6)25-19(26)17(24-21(28)30-22(3,4)5)11-14-12-23-16-10-8-7-9-15(14)16/h7-10,12-13,17-18,23H,11H2,1-6H3,(H,24,28)(H,25,26)/t17-,18+/m0/s1. The largest absolute Gasteiger partial charge is 0.467 e. The molecule has 8 heteroatoms. The van der Waals surface area contributed by atoms with E-state index in [0.717, 1.165) is 16.5 Å². The van der Waals surface area contributed by atoms with Crippen molar-refractivity contribution in [1.82, 2.24) is 15.6 Å². The molecule has 2 atom stereocenters. The number of esters is 1. The molecule has 0 aliphatic heterocycles. The van der Waals surface area contributed by atoms with Crippen molar-refractivity contribution in [3.63, 3.8) is 0 Å². The Morgan fingerprint density at radius 3 is 2.37 bits per heavy atom. The molecule has 2 rings (SSSR count). The van der Waals surface area contributed by atoms with E-state index >= 15 is 0 Å². The van der Waals surface area contributed by atoms with Crippen molar-refractivity contribution in [3.8, 4) is 0 Å². The topological polar surface area (TPSA) is 110 Å². The molecule has 2 aromatic rings. The van der Waals surface area contributed by atoms with E-state index in [1.807, 2.05) is 30.5 Å². The maximum absolute atomic E-state index is 13.0. The summed E-state index contributed by atoms with van der Waals surface area (Å²) in [7, 11) is 1.27. The molecule has 8 nitrogen and oxygen atoms in total. The Labute approximate surface area is 176 Å². The quantitative estimate of drug-likeness (QED) is 0.600. The lowest BCUT2D eigenvalue weighted by atomic mass is 10.0. The monoisotopic (exact) mass is 417 g/mol. The first-order valence-electron chi connectivity index (χ1n) is 9.94. The highest BCUT2D eigenvalue weighted by atomic mass is 16.6. The lowest BCUT2D eigenvalue weighted by molar-refractivity contribution is -0.146. The number of hydrogen-bond acceptors (Lipinski definition) is 5. The van der Waals surface area contributed by atoms with Gasteiger partial charge in [-0.3, -0.25) is 4.79 Å². The van der Waals surface area contributed by atoms with E-state index in [2.05, 4.69) is 15.6 Å². The van der Waals surface area contributed by atoms with E-state index in [4.69, 9.17) is 9.47 Å². The Hall–Kier alpha value is -3.03. The summed E-state index contributed by atoms with van der Waals surface area (Å²) in [4.78, 5) is 40.6. The van der Waals surface area contributed by atoms with Crippen LogP contribution in [0, 0.1) is 5.92 Å². The number of ether oxygens (including phenoxy) is 2. The third-order valence-corrected chi connectivity index (χ3v) is 4.53. The molecule has 1 aromatic carbocycles. The summed E-state index contributed by atoms with van der Waals surface area (Å²) < 4.78 is 10.1. The predicted octanol–water partition coefficient (Wildman–Crippen LogP) is 2.92. The van der Waals surface area contributed by atoms with Gasteiger partial charge in [-0.2, -0.15) is 0 Å². The second-order valence-corrected chi connectivity index (χ2v) is 8.52. The van der Waals surface area contributed by atoms with Crippen LogP contribution in [-0.4, -0.2) is 47.7 Å². The number of hydrogen-bond donors (Lipinski definition) is 3. The third kappa shape index (κ3) is 6.23. The maximum Gasteiger partial charge on any atom is 0.408 e. The van der Waals surface area contributed by atoms with Gasteiger partial charge < -0.3 is 25.1 Å². The highest BCUT2D eigenvalue weighted by molar-refractivity contribution is 5.91. The SMILES string of the molecule is COC(=O)[C@H](NC(=O)[C@H](Cc1c[nH]c2ccccc12)NC(=O)OC(C)(C)C)C(C)C. The molecule has 0 saturated heterocycles. The Morgan fingerprint density at radius 1 is 1.10 bits per heavy atom. The first-order chi connectivity index (χ1) is 14.0. The number of aromatic amines is 1. The number of aromatic nitrogens is 1. The normalized spacial score (nSPS) is 13.6. The van der Waals surface area contributed by atoms with Crippen molar-refractivity contribution in [2.24, 2.45) is 5.92 Å². The molecule has 0 saturated carbocycles. The van der Waals surface area contributed by atoms with Crippen LogP contribution >= 0.6 is 0 Å². The highest BCUT2D eigenvalue weighted by Gasteiger charge is 2.31. The van der Waals surface area contributed by atoms with Gasteiger partial charge in [0.2, 0.25) is 5.91 Å². The molecule has 2 amide bonds. The molecule has 1 aromatic heterocycles. The second kappa shape index (κ2) is 9.65. The van der Waals surface area contributed by atoms with Gasteiger partial charge >= 0.3 is 12.1 Å². The van der Waals surface area contributed by atoms with E-state index in [1.165, 1.54) is 7.11 Å². The Balaban J connectivity index is 2.26. The zero-order valence-electron chi connectivity index (χ0n) is 18.4. The minimum Gasteiger partial charge on any atom is -0.467 e. The molecule has 0 spiro atoms. The van der Waals surface area contributed by atoms with Gasteiger partial charge in [0.1, 0.15) is 17.7 Å². The van der Waals surface area contributed by atoms with Gasteiger partial charge in [0.05, 0.1) is 7.11 Å². The van der Waals surface area contributed by atoms with Crippen LogP contribution < -0.4 is 10.6 Å². The van der Waals surface area contributed by atoms with E-state index in [0.29, 0.717) is 0 Å². The van der Waals surface area contributed by atoms with Crippen LogP contribution in [0.1, 0.15) is 40.2 Å². The third-order valence-electron chi connectivity index (χ3n) is 4.53. The number of rotatable bonds is 7. The van der Waals surface area contributed by atoms with Crippen molar-refractivity contribution in [2.75, 3.05) is 7.11 Å². The Bertz CT molecular complexity index is 898. The Morgan fingerprint density at radius 2 is 1.77 bits per heavy atom. The fraction of sp³-hybridized carbons (Fsp3) is 0.500. The van der Waals surface area contributed by atoms with Crippen LogP contribution in [0.5, 0.6) is 0 Å². The number of nitrogens with one attached hydrogen (secondary N) is 3. The zero-order chi connectivity index (χ0) is 22.5. The molecular weight excluding hydrogens is 386 g/mol. The van der Waals surface area contributed by atoms with Gasteiger partial charge in [-0.15, -0.1) is 0 Å². The molecule has 0 fully saturated rings. The number of amides is 2. The summed E-state index contributed by atoms with van der Waals surface area (Å²) in [5, 5.41) is 6.29. The van der Waals surface area contributed by atoms with Crippen LogP contribution in [-0.2, 0) is 25.5 Å². The number of methoxy groups -OCH3 is 1. The number of carbonyl (C=O) groups excluding carboxylic acids is 3. The van der Waals surface area contributed by atoms with Gasteiger partial charge in [0.15, 0.2) is 0 Å². The molecule has 0 unspecified atom stereocenters. The van der Waals surface area contributed by atoms with Crippen molar-refractivity contribution in [3.05, 3.63) is 36.0 Å². The predicted molar refractivity (Wildman–Crippen MR) is 114 cm³/mol. The molecule has 0 aliphatic rings. The first kappa shape index (κ1) is 23.3. The van der Waals surface area contributed by atoms with Crippen LogP contribution in [0.15, 0.2) is 30.5 Å². The molecule has 3 N–H and O–H groups in total. The highest BCUT2D eigenvalue weighted by Crippen LogP contribution is 2.19. The smallest absolute Gasteiger partial charge is 0.408 e. The summed E-state index contributed by atoms with van der Waals surface area (Å²) in [5.41, 5.74) is 1.08. The van der Waals surface area contributed by atoms with Gasteiger partial charge in [-0.1, -0.05) is 32.0 Å². The van der Waals surface area contributed by atoms with Crippen molar-refractivity contribution in [1.29, 1.82) is 0 Å². The average molecular weight is 418 g/mol. The number of carbonyl (C=O) groups is 3. The van der Waals surface area contributed by atoms with Crippen molar-refractivity contribution >= 4 is 28.9 Å². The van der Waals surface area contributed by atoms with Crippen LogP contribution in [0.2, 0.25) is 0 Å². The van der Waals surface area contributed by atoms with Gasteiger partial charge in [0, 0.05) is 23.5 Å². The lowest BCUT2D eigenvalue weighted by Crippen LogP contribution is -2.54. The van der Waals surface area contributed by atoms with Crippen molar-refractivity contribution < 1.29 is 23.9 Å². The minimum absolute atomic E-state index is 0.184. The van der Waals surface area contributed by atoms with E-state index in [1.54, 1.807) is 34.6 Å². The minimum atomic E-state index is -0.940. The summed E-state index contributed by atoms with van der Waals surface area (Å²) in [5.74, 6) is -1.21. The summed E-state index contributed by atoms with van der Waals surface area (Å²) in [6, 6.07) is 5.92. The molecular formula is C22H31N3O5. The van der Waals surface area contributed by atoms with Gasteiger partial charge in [-0.25, -0.2) is 9.59 Å². The van der Waals surface area contributed by atoms with Crippen LogP contribution in [0.3, 0.4) is 0 Å². The fourth-order valence-corrected chi connectivity index (χ4v) is 3.06. The molecule has 30 heavy (non-hydrogen) atoms. The molecule has 1 heterocycles. The van der Waals surface area contributed by atoms with E-state index in [-0.39, 0.29) is 12.3 Å². The number of H-pyrrole nitrogens is 1. The first-order valence-corrected chi connectivity index (χ1v) is 9.94. The molecule has 0 bridgehead atoms. The van der Waals surface area contributed by atoms with Gasteiger partial charge in [0.25, 0.3) is 0 Å². The molecule has 0 aliphatic carbocycles. The zero-order valence-corrected chi connectivity index (χ0v) is 18.4. The second-order valence-electron chi connectivity index (χ2n) is 8.52. The Kier molecular flexibility index (Phi) is 7.48. The van der Waals surface area contributed by atoms with E-state index in [9.17, 15) is 14.4 Å². The summed E-state index contributed by atoms with van der Waals surface area (Å²) in [6.07, 6.45) is 1.32. The van der Waals surface area contributed by atoms with E-state index < -0.39 is 35.7 Å². The number of para-hydroxylation sites is 1. The molecule has 164 valence electrons. The number of fused-ring (bicyclic) bond motifs is 1. The van der Waals surface area contributed by atoms with Crippen LogP contribution in [0.25, 0.3) is 10.9 Å². The summed E-state index contributed by atoms with van der Waals surface area (Å²) in [6.45, 7) is 8.84. The average Bonchev–Trinajstić information content (AvgIpc) is 3.06. The number of benzene rings is 1.